The van der Waals surface area contributed by atoms with Gasteiger partial charge in [-0.25, -0.2) is 19.2 Å². The minimum Gasteiger partial charge on any atom is -0.506 e. The number of benzene rings is 7. The van der Waals surface area contributed by atoms with E-state index in [1.165, 1.54) is 77.5 Å². The van der Waals surface area contributed by atoms with Crippen molar-refractivity contribution < 1.29 is 73.9 Å². The van der Waals surface area contributed by atoms with E-state index >= 15 is 0 Å². The number of ether oxygens (including phenoxy) is 4. The van der Waals surface area contributed by atoms with Crippen LogP contribution in [0.2, 0.25) is 0 Å². The molecule has 0 fully saturated rings. The molecule has 7 aromatic carbocycles. The van der Waals surface area contributed by atoms with Crippen LogP contribution in [0.4, 0.5) is 79.6 Å². The zero-order valence-corrected chi connectivity index (χ0v) is 70.7. The van der Waals surface area contributed by atoms with E-state index in [0.717, 1.165) is 143 Å². The summed E-state index contributed by atoms with van der Waals surface area (Å²) in [7, 11) is 18.8. The number of phenols is 3. The van der Waals surface area contributed by atoms with Gasteiger partial charge < -0.3 is 130 Å². The Kier molecular flexibility index (Phi) is 37.7. The van der Waals surface area contributed by atoms with Crippen LogP contribution in [-0.4, -0.2) is 253 Å². The lowest BCUT2D eigenvalue weighted by molar-refractivity contribution is -0.00282. The summed E-state index contributed by atoms with van der Waals surface area (Å²) in [4.78, 5) is 72.0. The van der Waals surface area contributed by atoms with Gasteiger partial charge >= 0.3 is 23.9 Å². The van der Waals surface area contributed by atoms with Gasteiger partial charge in [0.05, 0.1) is 79.3 Å². The molecule has 0 saturated carbocycles. The lowest BCUT2D eigenvalue weighted by Gasteiger charge is -2.43. The number of rotatable bonds is 14. The number of carboxylic acids is 4. The molecule has 23 N–H and O–H groups in total. The van der Waals surface area contributed by atoms with Crippen molar-refractivity contribution in [3.63, 3.8) is 0 Å². The summed E-state index contributed by atoms with van der Waals surface area (Å²) in [5.74, 6) is -3.09. The Balaban J connectivity index is 0.000000245. The van der Waals surface area contributed by atoms with Crippen molar-refractivity contribution in [3.05, 3.63) is 147 Å². The lowest BCUT2D eigenvalue weighted by atomic mass is 9.93. The van der Waals surface area contributed by atoms with Crippen molar-refractivity contribution in [2.75, 3.05) is 239 Å². The van der Waals surface area contributed by atoms with Crippen molar-refractivity contribution in [2.45, 2.75) is 80.8 Å². The summed E-state index contributed by atoms with van der Waals surface area (Å²) in [6, 6.07) is 24.0. The Morgan fingerprint density at radius 3 is 0.821 bits per heavy atom. The van der Waals surface area contributed by atoms with Crippen LogP contribution in [0.25, 0.3) is 0 Å². The van der Waals surface area contributed by atoms with E-state index in [-0.39, 0.29) is 22.6 Å². The summed E-state index contributed by atoms with van der Waals surface area (Å²) < 4.78 is 17.9. The average molecular weight is 1630 g/mol. The Bertz CT molecular complexity index is 4090. The number of aromatic hydroxyl groups is 3. The van der Waals surface area contributed by atoms with Crippen molar-refractivity contribution in [1.82, 2.24) is 29.4 Å². The highest BCUT2D eigenvalue weighted by atomic mass is 16.7. The number of phenolic OH excluding ortho intramolecular Hbond substituents is 3. The van der Waals surface area contributed by atoms with Gasteiger partial charge in [-0.15, -0.1) is 0 Å². The molecule has 7 aromatic rings. The molecule has 0 bridgehead atoms. The summed E-state index contributed by atoms with van der Waals surface area (Å²) in [5, 5.41) is 65.1. The standard InChI is InChI=1S/2C17H26N4O2.C16H26N4O.2C7H8N2O2.2C6H8N2O.2C3H8O2/c2*1-5-20-10-18(3)8-12-14(20)7-15-13(16(12)17(22)23)9-19(4)11-21(15)6-2;1-5-19-10-17(3)8-12-7-14(21)16-13(15(12)19)9-18(4)11-20(16)6-2;2*8-5-1-4(7(10)11)2-6(9)3-5;2*7-4-1-2-6(9)5(8)3-4;2*1-4-3-5-2/h2*7H,5-6,8-11H2,1-4H3,(H,22,23);7,21H,5-6,8-11H2,1-4H3;2*1-3H,8-9H2,(H,10,11);2*1-3,9H,7-8H2;2*3H2,1-2H3. The first-order valence-electron chi connectivity index (χ1n) is 38.1. The van der Waals surface area contributed by atoms with Crippen LogP contribution >= 0.6 is 0 Å². The monoisotopic (exact) mass is 1630 g/mol. The summed E-state index contributed by atoms with van der Waals surface area (Å²) in [6.07, 6.45) is 0. The molecule has 6 heterocycles. The fraction of sp³-hybridized carbons (Fsp3) is 0.439. The molecule has 0 amide bonds. The zero-order chi connectivity index (χ0) is 87.4. The highest BCUT2D eigenvalue weighted by Gasteiger charge is 2.36. The van der Waals surface area contributed by atoms with Crippen LogP contribution in [0.15, 0.2) is 91.0 Å². The van der Waals surface area contributed by atoms with E-state index in [0.29, 0.717) is 102 Å². The zero-order valence-electron chi connectivity index (χ0n) is 70.7. The van der Waals surface area contributed by atoms with E-state index in [1.807, 2.05) is 34.3 Å². The van der Waals surface area contributed by atoms with Gasteiger partial charge in [0.15, 0.2) is 0 Å². The van der Waals surface area contributed by atoms with E-state index in [1.54, 1.807) is 40.6 Å². The third-order valence-corrected chi connectivity index (χ3v) is 19.2. The molecule has 644 valence electrons. The predicted octanol–water partition coefficient (Wildman–Crippen LogP) is 8.22. The molecule has 0 radical (unpaired) electrons. The van der Waals surface area contributed by atoms with Gasteiger partial charge in [0.2, 0.25) is 0 Å². The first kappa shape index (κ1) is 96.2. The molecule has 6 aliphatic heterocycles. The number of methoxy groups -OCH3 is 4. The minimum absolute atomic E-state index is 0.0733. The molecule has 0 aromatic heterocycles. The number of nitrogens with zero attached hydrogens (tertiary/aromatic N) is 12. The van der Waals surface area contributed by atoms with Crippen molar-refractivity contribution >= 4 is 104 Å². The van der Waals surface area contributed by atoms with E-state index in [2.05, 4.69) is 146 Å². The molecule has 35 heteroatoms. The predicted molar refractivity (Wildman–Crippen MR) is 467 cm³/mol. The fourth-order valence-electron chi connectivity index (χ4n) is 14.3. The molecule has 117 heavy (non-hydrogen) atoms. The molecule has 0 unspecified atom stereocenters. The molecule has 0 saturated heterocycles. The number of carbonyl (C=O) groups is 4. The molecule has 6 aliphatic rings. The third-order valence-electron chi connectivity index (χ3n) is 19.2. The first-order valence-corrected chi connectivity index (χ1v) is 38.1. The molecule has 0 aliphatic carbocycles. The first-order chi connectivity index (χ1) is 55.4. The highest BCUT2D eigenvalue weighted by Crippen LogP contribution is 2.46. The number of aromatic carboxylic acids is 4. The van der Waals surface area contributed by atoms with E-state index in [9.17, 15) is 34.5 Å². The SMILES string of the molecule is CCN1CN(C)Cc2c1c(O)cc1c2N(CC)CN(C)C1.CCN1CN(C)Cc2c1cc1c(c2C(=O)O)CN(C)CN1CC.CCN1CN(C)Cc2c1cc1c(c2C(=O)O)CN(C)CN1CC.COCOC.COCOC.Nc1cc(N)cc(C(=O)O)c1.Nc1cc(N)cc(C(=O)O)c1.Nc1ccc(O)c(N)c1.Nc1ccc(O)c(N)c1. The Labute approximate surface area is 687 Å². The average Bonchev–Trinajstić information content (AvgIpc) is 0.762. The third kappa shape index (κ3) is 26.8. The number of fused-ring (bicyclic) bond motifs is 7. The number of hydrogen-bond acceptors (Lipinski definition) is 31. The van der Waals surface area contributed by atoms with Crippen LogP contribution in [0, 0.1) is 0 Å². The van der Waals surface area contributed by atoms with Crippen molar-refractivity contribution in [1.29, 1.82) is 0 Å². The van der Waals surface area contributed by atoms with Gasteiger partial charge in [0, 0.05) is 197 Å². The smallest absolute Gasteiger partial charge is 0.336 e. The maximum absolute atomic E-state index is 12.1. The summed E-state index contributed by atoms with van der Waals surface area (Å²) >= 11 is 0. The second-order valence-corrected chi connectivity index (χ2v) is 28.8. The van der Waals surface area contributed by atoms with Crippen LogP contribution in [-0.2, 0) is 58.2 Å². The van der Waals surface area contributed by atoms with Crippen LogP contribution in [0.5, 0.6) is 17.2 Å². The quantitative estimate of drug-likeness (QED) is 0.0211. The molecule has 0 spiro atoms. The molecule has 35 nitrogen and oxygen atoms in total. The molecule has 0 atom stereocenters. The Hall–Kier alpha value is -11.4. The van der Waals surface area contributed by atoms with Gasteiger partial charge in [-0.1, -0.05) is 0 Å². The summed E-state index contributed by atoms with van der Waals surface area (Å²) in [6.45, 7) is 28.8. The fourth-order valence-corrected chi connectivity index (χ4v) is 14.3. The number of nitrogen functional groups attached to an aromatic ring is 8. The van der Waals surface area contributed by atoms with Gasteiger partial charge in [-0.2, -0.15) is 0 Å². The number of carboxylic acid groups (broad SMARTS) is 4. The van der Waals surface area contributed by atoms with Crippen LogP contribution in [0.1, 0.15) is 116 Å². The van der Waals surface area contributed by atoms with Crippen LogP contribution < -0.4 is 75.3 Å². The highest BCUT2D eigenvalue weighted by molar-refractivity contribution is 5.98. The number of hydrogen-bond donors (Lipinski definition) is 15. The minimum atomic E-state index is -1.02. The maximum Gasteiger partial charge on any atom is 0.336 e. The number of anilines is 14. The maximum atomic E-state index is 12.1. The molecular weight excluding hydrogens is 1510 g/mol. The Morgan fingerprint density at radius 1 is 0.316 bits per heavy atom. The lowest BCUT2D eigenvalue weighted by Crippen LogP contribution is -2.44. The van der Waals surface area contributed by atoms with Crippen LogP contribution in [0.3, 0.4) is 0 Å². The summed E-state index contributed by atoms with van der Waals surface area (Å²) in [5.41, 5.74) is 60.2. The van der Waals surface area contributed by atoms with Crippen molar-refractivity contribution in [2.24, 2.45) is 0 Å². The topological polar surface area (TPSA) is 494 Å². The molecule has 13 rings (SSSR count). The Morgan fingerprint density at radius 2 is 0.581 bits per heavy atom. The van der Waals surface area contributed by atoms with E-state index < -0.39 is 23.9 Å². The number of nitrogens with two attached hydrogens (primary N) is 8. The van der Waals surface area contributed by atoms with Gasteiger partial charge in [-0.3, -0.25) is 29.4 Å². The van der Waals surface area contributed by atoms with Gasteiger partial charge in [0.1, 0.15) is 30.8 Å². The van der Waals surface area contributed by atoms with Gasteiger partial charge in [0.25, 0.3) is 0 Å². The van der Waals surface area contributed by atoms with E-state index in [4.69, 9.17) is 66.3 Å². The normalized spacial score (nSPS) is 14.8. The van der Waals surface area contributed by atoms with Gasteiger partial charge in [-0.05, 0) is 180 Å². The molecular formula is C82H126N20O15. The van der Waals surface area contributed by atoms with Crippen molar-refractivity contribution in [3.8, 4) is 17.2 Å². The second-order valence-electron chi connectivity index (χ2n) is 28.8. The second kappa shape index (κ2) is 45.8. The largest absolute Gasteiger partial charge is 0.506 e.